The Morgan fingerprint density at radius 1 is 1.30 bits per heavy atom. The van der Waals surface area contributed by atoms with Crippen LogP contribution in [0.1, 0.15) is 44.0 Å². The highest BCUT2D eigenvalue weighted by atomic mass is 16.5. The molecule has 0 aromatic carbocycles. The lowest BCUT2D eigenvalue weighted by atomic mass is 10.2. The zero-order chi connectivity index (χ0) is 16.4. The molecule has 1 unspecified atom stereocenters. The van der Waals surface area contributed by atoms with Gasteiger partial charge < -0.3 is 9.30 Å². The minimum atomic E-state index is 0.401. The van der Waals surface area contributed by atoms with E-state index >= 15 is 0 Å². The summed E-state index contributed by atoms with van der Waals surface area (Å²) < 4.78 is 9.44. The molecule has 0 saturated carbocycles. The maximum atomic E-state index is 5.22. The molecule has 126 valence electrons. The van der Waals surface area contributed by atoms with Gasteiger partial charge in [-0.05, 0) is 20.8 Å². The number of methoxy groups -OCH3 is 1. The van der Waals surface area contributed by atoms with E-state index in [2.05, 4.69) is 51.7 Å². The van der Waals surface area contributed by atoms with Crippen molar-refractivity contribution in [2.75, 3.05) is 13.7 Å². The number of hydrogen-bond acceptors (Lipinski definition) is 5. The molecule has 1 aliphatic rings. The van der Waals surface area contributed by atoms with E-state index in [-0.39, 0.29) is 0 Å². The lowest BCUT2D eigenvalue weighted by molar-refractivity contribution is 0.171. The average molecular weight is 318 g/mol. The maximum Gasteiger partial charge on any atom is 0.159 e. The molecule has 1 aliphatic heterocycles. The van der Waals surface area contributed by atoms with Gasteiger partial charge >= 0.3 is 0 Å². The van der Waals surface area contributed by atoms with Gasteiger partial charge in [0.05, 0.1) is 6.20 Å². The first kappa shape index (κ1) is 16.1. The fourth-order valence-electron chi connectivity index (χ4n) is 3.07. The summed E-state index contributed by atoms with van der Waals surface area (Å²) in [5, 5.41) is 13.0. The number of rotatable bonds is 5. The third-order valence-corrected chi connectivity index (χ3v) is 4.46. The largest absolute Gasteiger partial charge is 0.377 e. The molecule has 3 rings (SSSR count). The van der Waals surface area contributed by atoms with E-state index in [0.29, 0.717) is 18.7 Å². The smallest absolute Gasteiger partial charge is 0.159 e. The first-order chi connectivity index (χ1) is 11.1. The van der Waals surface area contributed by atoms with Crippen molar-refractivity contribution in [1.82, 2.24) is 29.4 Å². The zero-order valence-electron chi connectivity index (χ0n) is 14.4. The van der Waals surface area contributed by atoms with Crippen molar-refractivity contribution in [3.63, 3.8) is 0 Å². The highest BCUT2D eigenvalue weighted by Gasteiger charge is 2.24. The highest BCUT2D eigenvalue weighted by molar-refractivity contribution is 5.06. The molecule has 0 aliphatic carbocycles. The molecule has 0 saturated heterocycles. The quantitative estimate of drug-likeness (QED) is 0.839. The summed E-state index contributed by atoms with van der Waals surface area (Å²) in [7, 11) is 1.69. The predicted octanol–water partition coefficient (Wildman–Crippen LogP) is 1.65. The molecule has 2 aromatic heterocycles. The van der Waals surface area contributed by atoms with Crippen LogP contribution in [0.4, 0.5) is 0 Å². The summed E-state index contributed by atoms with van der Waals surface area (Å²) in [4.78, 5) is 2.49. The van der Waals surface area contributed by atoms with Gasteiger partial charge in [0.15, 0.2) is 5.82 Å². The first-order valence-electron chi connectivity index (χ1n) is 8.25. The standard InChI is InChI=1S/C16H26N6O/c1-12(2)22-10-14(8-17-22)9-20-5-6-21-15(7-13(20)3)18-19-16(21)11-23-4/h8,10,12-13H,5-7,9,11H2,1-4H3. The van der Waals surface area contributed by atoms with E-state index in [1.54, 1.807) is 7.11 Å². The molecule has 0 radical (unpaired) electrons. The molecule has 2 aromatic rings. The molecule has 7 nitrogen and oxygen atoms in total. The highest BCUT2D eigenvalue weighted by Crippen LogP contribution is 2.18. The summed E-state index contributed by atoms with van der Waals surface area (Å²) >= 11 is 0. The van der Waals surface area contributed by atoms with Crippen LogP contribution in [0.5, 0.6) is 0 Å². The summed E-state index contributed by atoms with van der Waals surface area (Å²) in [5.74, 6) is 1.98. The third kappa shape index (κ3) is 3.45. The minimum Gasteiger partial charge on any atom is -0.377 e. The lowest BCUT2D eigenvalue weighted by Gasteiger charge is -2.25. The van der Waals surface area contributed by atoms with Crippen LogP contribution >= 0.6 is 0 Å². The second-order valence-electron chi connectivity index (χ2n) is 6.56. The summed E-state index contributed by atoms with van der Waals surface area (Å²) in [5.41, 5.74) is 1.26. The monoisotopic (exact) mass is 318 g/mol. The van der Waals surface area contributed by atoms with Gasteiger partial charge in [0.2, 0.25) is 0 Å². The van der Waals surface area contributed by atoms with E-state index in [1.165, 1.54) is 5.56 Å². The van der Waals surface area contributed by atoms with Gasteiger partial charge in [-0.25, -0.2) is 0 Å². The molecule has 0 bridgehead atoms. The van der Waals surface area contributed by atoms with Crippen molar-refractivity contribution in [2.45, 2.75) is 59.0 Å². The van der Waals surface area contributed by atoms with Crippen molar-refractivity contribution in [3.05, 3.63) is 29.6 Å². The van der Waals surface area contributed by atoms with Gasteiger partial charge in [-0.1, -0.05) is 0 Å². The molecule has 0 fully saturated rings. The van der Waals surface area contributed by atoms with Crippen molar-refractivity contribution in [2.24, 2.45) is 0 Å². The normalized spacial score (nSPS) is 19.1. The molecule has 0 amide bonds. The Morgan fingerprint density at radius 2 is 2.13 bits per heavy atom. The molecule has 7 heteroatoms. The van der Waals surface area contributed by atoms with E-state index in [0.717, 1.165) is 37.7 Å². The number of hydrogen-bond donors (Lipinski definition) is 0. The Bertz CT molecular complexity index is 647. The van der Waals surface area contributed by atoms with Crippen LogP contribution in [0.15, 0.2) is 12.4 Å². The molecule has 3 heterocycles. The molecule has 1 atom stereocenters. The second kappa shape index (κ2) is 6.80. The maximum absolute atomic E-state index is 5.22. The lowest BCUT2D eigenvalue weighted by Crippen LogP contribution is -2.34. The number of nitrogens with zero attached hydrogens (tertiary/aromatic N) is 6. The first-order valence-corrected chi connectivity index (χ1v) is 8.25. The number of aromatic nitrogens is 5. The fourth-order valence-corrected chi connectivity index (χ4v) is 3.07. The SMILES string of the molecule is COCc1nnc2n1CCN(Cc1cnn(C(C)C)c1)C(C)C2. The van der Waals surface area contributed by atoms with Gasteiger partial charge in [0, 0.05) is 57.0 Å². The van der Waals surface area contributed by atoms with Gasteiger partial charge in [0.1, 0.15) is 12.4 Å². The van der Waals surface area contributed by atoms with Gasteiger partial charge in [-0.3, -0.25) is 9.58 Å². The van der Waals surface area contributed by atoms with E-state index in [4.69, 9.17) is 4.74 Å². The Morgan fingerprint density at radius 3 is 2.83 bits per heavy atom. The van der Waals surface area contributed by atoms with Crippen LogP contribution in [0.2, 0.25) is 0 Å². The van der Waals surface area contributed by atoms with Gasteiger partial charge in [0.25, 0.3) is 0 Å². The minimum absolute atomic E-state index is 0.401. The Hall–Kier alpha value is -1.73. The Kier molecular flexibility index (Phi) is 4.77. The average Bonchev–Trinajstić information content (AvgIpc) is 3.08. The molecule has 0 spiro atoms. The van der Waals surface area contributed by atoms with E-state index < -0.39 is 0 Å². The third-order valence-electron chi connectivity index (χ3n) is 4.46. The van der Waals surface area contributed by atoms with Crippen molar-refractivity contribution < 1.29 is 4.74 Å². The van der Waals surface area contributed by atoms with Crippen LogP contribution < -0.4 is 0 Å². The van der Waals surface area contributed by atoms with Crippen molar-refractivity contribution in [1.29, 1.82) is 0 Å². The van der Waals surface area contributed by atoms with Crippen LogP contribution in [0, 0.1) is 0 Å². The number of ether oxygens (including phenoxy) is 1. The second-order valence-corrected chi connectivity index (χ2v) is 6.56. The predicted molar refractivity (Wildman–Crippen MR) is 86.9 cm³/mol. The molecule has 23 heavy (non-hydrogen) atoms. The molecule has 0 N–H and O–H groups in total. The Labute approximate surface area is 137 Å². The van der Waals surface area contributed by atoms with E-state index in [9.17, 15) is 0 Å². The van der Waals surface area contributed by atoms with Crippen molar-refractivity contribution in [3.8, 4) is 0 Å². The van der Waals surface area contributed by atoms with Gasteiger partial charge in [-0.15, -0.1) is 10.2 Å². The summed E-state index contributed by atoms with van der Waals surface area (Å²) in [6, 6.07) is 0.830. The van der Waals surface area contributed by atoms with Crippen LogP contribution in [-0.4, -0.2) is 49.1 Å². The molecular weight excluding hydrogens is 292 g/mol. The van der Waals surface area contributed by atoms with Crippen LogP contribution in [-0.2, 0) is 30.9 Å². The molecular formula is C16H26N6O. The fraction of sp³-hybridized carbons (Fsp3) is 0.688. The summed E-state index contributed by atoms with van der Waals surface area (Å²) in [6.07, 6.45) is 5.04. The van der Waals surface area contributed by atoms with Crippen LogP contribution in [0.3, 0.4) is 0 Å². The van der Waals surface area contributed by atoms with E-state index in [1.807, 2.05) is 10.9 Å². The topological polar surface area (TPSA) is 61.0 Å². The summed E-state index contributed by atoms with van der Waals surface area (Å²) in [6.45, 7) is 9.88. The van der Waals surface area contributed by atoms with Gasteiger partial charge in [-0.2, -0.15) is 5.10 Å². The van der Waals surface area contributed by atoms with Crippen LogP contribution in [0.25, 0.3) is 0 Å². The van der Waals surface area contributed by atoms with Crippen molar-refractivity contribution >= 4 is 0 Å². The number of fused-ring (bicyclic) bond motifs is 1. The zero-order valence-corrected chi connectivity index (χ0v) is 14.4. The Balaban J connectivity index is 1.70.